The van der Waals surface area contributed by atoms with E-state index in [4.69, 9.17) is 4.74 Å². The maximum absolute atomic E-state index is 13.5. The first kappa shape index (κ1) is 16.2. The van der Waals surface area contributed by atoms with E-state index in [1.807, 2.05) is 0 Å². The Balaban J connectivity index is 1.81. The van der Waals surface area contributed by atoms with Crippen LogP contribution in [0.4, 0.5) is 17.6 Å². The van der Waals surface area contributed by atoms with Crippen molar-refractivity contribution in [2.75, 3.05) is 13.1 Å². The first-order valence-corrected chi connectivity index (χ1v) is 7.24. The van der Waals surface area contributed by atoms with Crippen molar-refractivity contribution >= 4 is 5.91 Å². The molecule has 2 aromatic rings. The second-order valence-corrected chi connectivity index (χ2v) is 5.28. The van der Waals surface area contributed by atoms with Gasteiger partial charge in [-0.25, -0.2) is 0 Å². The number of carbonyl (C=O) groups is 1. The normalized spacial score (nSPS) is 14.1. The topological polar surface area (TPSA) is 42.4 Å². The minimum atomic E-state index is -1.80. The Morgan fingerprint density at radius 3 is 2.04 bits per heavy atom. The van der Waals surface area contributed by atoms with Crippen LogP contribution in [0.5, 0.6) is 11.5 Å². The molecule has 126 valence electrons. The molecule has 0 aliphatic carbocycles. The Morgan fingerprint density at radius 2 is 1.50 bits per heavy atom. The first-order valence-electron chi connectivity index (χ1n) is 7.24. The summed E-state index contributed by atoms with van der Waals surface area (Å²) in [6.45, 7) is 1.37. The van der Waals surface area contributed by atoms with E-state index in [1.165, 1.54) is 24.3 Å². The third kappa shape index (κ3) is 3.04. The van der Waals surface area contributed by atoms with E-state index >= 15 is 0 Å². The third-order valence-corrected chi connectivity index (χ3v) is 3.67. The highest BCUT2D eigenvalue weighted by Gasteiger charge is 2.23. The van der Waals surface area contributed by atoms with Crippen molar-refractivity contribution in [2.45, 2.75) is 12.8 Å². The number of hydrogen-bond donors (Lipinski definition) is 0. The molecule has 0 radical (unpaired) electrons. The lowest BCUT2D eigenvalue weighted by molar-refractivity contribution is 0.0793. The lowest BCUT2D eigenvalue weighted by Gasteiger charge is -2.15. The Hall–Kier alpha value is -2.64. The monoisotopic (exact) mass is 340 g/mol. The number of amides is 1. The van der Waals surface area contributed by atoms with E-state index in [1.54, 1.807) is 4.90 Å². The summed E-state index contributed by atoms with van der Waals surface area (Å²) in [5.41, 5.74) is 0.386. The molecule has 1 saturated heterocycles. The summed E-state index contributed by atoms with van der Waals surface area (Å²) in [6, 6.07) is 5.41. The van der Waals surface area contributed by atoms with Gasteiger partial charge in [-0.15, -0.1) is 0 Å². The van der Waals surface area contributed by atoms with Gasteiger partial charge in [0.1, 0.15) is 5.75 Å². The molecule has 1 aromatic carbocycles. The number of likely N-dealkylation sites (tertiary alicyclic amines) is 1. The van der Waals surface area contributed by atoms with Crippen LogP contribution in [-0.2, 0) is 0 Å². The van der Waals surface area contributed by atoms with Gasteiger partial charge >= 0.3 is 0 Å². The lowest BCUT2D eigenvalue weighted by Crippen LogP contribution is -2.27. The zero-order chi connectivity index (χ0) is 17.3. The Kier molecular flexibility index (Phi) is 4.37. The Labute approximate surface area is 134 Å². The van der Waals surface area contributed by atoms with Crippen LogP contribution in [0.1, 0.15) is 23.2 Å². The van der Waals surface area contributed by atoms with Gasteiger partial charge in [-0.2, -0.15) is 22.5 Å². The van der Waals surface area contributed by atoms with Crippen molar-refractivity contribution < 1.29 is 27.1 Å². The molecular weight excluding hydrogens is 328 g/mol. The first-order chi connectivity index (χ1) is 11.5. The summed E-state index contributed by atoms with van der Waals surface area (Å²) in [4.78, 5) is 16.3. The second kappa shape index (κ2) is 6.46. The highest BCUT2D eigenvalue weighted by atomic mass is 19.2. The standard InChI is InChI=1S/C16H12F4N2O2/c17-11-13(12(18)15(20)21-14(11)19)24-10-5-3-9(4-6-10)16(23)22-7-1-2-8-22/h3-6H,1-2,7-8H2. The van der Waals surface area contributed by atoms with Crippen molar-refractivity contribution in [3.63, 3.8) is 0 Å². The molecule has 3 rings (SSSR count). The number of aromatic nitrogens is 1. The number of carbonyl (C=O) groups excluding carboxylic acids is 1. The second-order valence-electron chi connectivity index (χ2n) is 5.28. The summed E-state index contributed by atoms with van der Waals surface area (Å²) in [5, 5.41) is 0. The van der Waals surface area contributed by atoms with Gasteiger partial charge in [-0.05, 0) is 37.1 Å². The smallest absolute Gasteiger partial charge is 0.255 e. The molecule has 1 amide bonds. The maximum atomic E-state index is 13.5. The average Bonchev–Trinajstić information content (AvgIpc) is 3.11. The van der Waals surface area contributed by atoms with Crippen molar-refractivity contribution in [3.05, 3.63) is 53.4 Å². The fraction of sp³-hybridized carbons (Fsp3) is 0.250. The van der Waals surface area contributed by atoms with E-state index in [0.717, 1.165) is 12.8 Å². The predicted octanol–water partition coefficient (Wildman–Crippen LogP) is 3.67. The van der Waals surface area contributed by atoms with Gasteiger partial charge in [-0.1, -0.05) is 0 Å². The summed E-state index contributed by atoms with van der Waals surface area (Å²) < 4.78 is 58.0. The zero-order valence-corrected chi connectivity index (χ0v) is 12.4. The molecule has 0 atom stereocenters. The van der Waals surface area contributed by atoms with Gasteiger partial charge in [0.25, 0.3) is 17.8 Å². The van der Waals surface area contributed by atoms with Crippen molar-refractivity contribution in [3.8, 4) is 11.5 Å². The summed E-state index contributed by atoms with van der Waals surface area (Å²) in [7, 11) is 0. The van der Waals surface area contributed by atoms with Crippen LogP contribution in [0.25, 0.3) is 0 Å². The minimum Gasteiger partial charge on any atom is -0.451 e. The van der Waals surface area contributed by atoms with E-state index in [-0.39, 0.29) is 11.7 Å². The van der Waals surface area contributed by atoms with Gasteiger partial charge in [0.15, 0.2) is 0 Å². The van der Waals surface area contributed by atoms with Crippen molar-refractivity contribution in [2.24, 2.45) is 0 Å². The molecule has 0 saturated carbocycles. The molecule has 1 aliphatic heterocycles. The van der Waals surface area contributed by atoms with Crippen molar-refractivity contribution in [1.82, 2.24) is 9.88 Å². The number of halogens is 4. The zero-order valence-electron chi connectivity index (χ0n) is 12.4. The van der Waals surface area contributed by atoms with Crippen LogP contribution in [0, 0.1) is 23.5 Å². The Bertz CT molecular complexity index is 748. The molecule has 0 N–H and O–H groups in total. The fourth-order valence-corrected chi connectivity index (χ4v) is 2.44. The molecule has 8 heteroatoms. The molecule has 0 unspecified atom stereocenters. The van der Waals surface area contributed by atoms with Crippen LogP contribution in [0.2, 0.25) is 0 Å². The molecule has 1 aromatic heterocycles. The highest BCUT2D eigenvalue weighted by Crippen LogP contribution is 2.29. The molecule has 2 heterocycles. The third-order valence-electron chi connectivity index (χ3n) is 3.67. The maximum Gasteiger partial charge on any atom is 0.255 e. The van der Waals surface area contributed by atoms with Gasteiger partial charge in [0, 0.05) is 18.7 Å². The van der Waals surface area contributed by atoms with Crippen LogP contribution in [0.15, 0.2) is 24.3 Å². The predicted molar refractivity (Wildman–Crippen MR) is 75.7 cm³/mol. The largest absolute Gasteiger partial charge is 0.451 e. The number of rotatable bonds is 3. The number of pyridine rings is 1. The summed E-state index contributed by atoms with van der Waals surface area (Å²) in [6.07, 6.45) is 1.90. The molecule has 0 spiro atoms. The molecule has 24 heavy (non-hydrogen) atoms. The van der Waals surface area contributed by atoms with E-state index in [2.05, 4.69) is 4.98 Å². The summed E-state index contributed by atoms with van der Waals surface area (Å²) >= 11 is 0. The minimum absolute atomic E-state index is 0.0734. The number of hydrogen-bond acceptors (Lipinski definition) is 3. The number of nitrogens with zero attached hydrogens (tertiary/aromatic N) is 2. The quantitative estimate of drug-likeness (QED) is 0.632. The van der Waals surface area contributed by atoms with Gasteiger partial charge in [0.05, 0.1) is 0 Å². The molecule has 1 fully saturated rings. The Morgan fingerprint density at radius 1 is 0.958 bits per heavy atom. The van der Waals surface area contributed by atoms with Gasteiger partial charge < -0.3 is 9.64 Å². The van der Waals surface area contributed by atoms with Crippen LogP contribution >= 0.6 is 0 Å². The van der Waals surface area contributed by atoms with E-state index in [0.29, 0.717) is 18.7 Å². The number of benzene rings is 1. The molecular formula is C16H12F4N2O2. The molecule has 4 nitrogen and oxygen atoms in total. The van der Waals surface area contributed by atoms with Gasteiger partial charge in [0.2, 0.25) is 17.4 Å². The van der Waals surface area contributed by atoms with Crippen LogP contribution < -0.4 is 4.74 Å². The molecule has 0 bridgehead atoms. The van der Waals surface area contributed by atoms with E-state index < -0.39 is 29.3 Å². The fourth-order valence-electron chi connectivity index (χ4n) is 2.44. The van der Waals surface area contributed by atoms with Crippen LogP contribution in [-0.4, -0.2) is 28.9 Å². The van der Waals surface area contributed by atoms with Gasteiger partial charge in [-0.3, -0.25) is 4.79 Å². The van der Waals surface area contributed by atoms with Crippen LogP contribution in [0.3, 0.4) is 0 Å². The lowest BCUT2D eigenvalue weighted by atomic mass is 10.2. The average molecular weight is 340 g/mol. The highest BCUT2D eigenvalue weighted by molar-refractivity contribution is 5.94. The SMILES string of the molecule is O=C(c1ccc(Oc2c(F)c(F)nc(F)c2F)cc1)N1CCCC1. The van der Waals surface area contributed by atoms with Crippen molar-refractivity contribution in [1.29, 1.82) is 0 Å². The number of ether oxygens (including phenoxy) is 1. The summed E-state index contributed by atoms with van der Waals surface area (Å²) in [5.74, 6) is -8.52. The molecule has 1 aliphatic rings. The van der Waals surface area contributed by atoms with E-state index in [9.17, 15) is 22.4 Å².